The minimum atomic E-state index is 0.423. The number of hydrogen-bond acceptors (Lipinski definition) is 4. The van der Waals surface area contributed by atoms with E-state index < -0.39 is 0 Å². The summed E-state index contributed by atoms with van der Waals surface area (Å²) in [5.74, 6) is 1.76. The number of ether oxygens (including phenoxy) is 2. The molecule has 0 radical (unpaired) electrons. The van der Waals surface area contributed by atoms with Gasteiger partial charge in [0.05, 0.1) is 11.6 Å². The van der Waals surface area contributed by atoms with Gasteiger partial charge in [0.15, 0.2) is 11.5 Å². The Labute approximate surface area is 123 Å². The lowest BCUT2D eigenvalue weighted by atomic mass is 10.2. The molecule has 6 heteroatoms. The van der Waals surface area contributed by atoms with Crippen molar-refractivity contribution in [1.29, 1.82) is 0 Å². The van der Waals surface area contributed by atoms with Crippen LogP contribution in [0.3, 0.4) is 0 Å². The summed E-state index contributed by atoms with van der Waals surface area (Å²) in [6.07, 6.45) is 1.76. The molecule has 0 aliphatic carbocycles. The van der Waals surface area contributed by atoms with E-state index >= 15 is 0 Å². The van der Waals surface area contributed by atoms with E-state index in [-0.39, 0.29) is 0 Å². The molecule has 1 aromatic heterocycles. The third-order valence-electron chi connectivity index (χ3n) is 2.27. The highest BCUT2D eigenvalue weighted by molar-refractivity contribution is 9.10. The summed E-state index contributed by atoms with van der Waals surface area (Å²) in [6, 6.07) is 3.79. The Bertz CT molecular complexity index is 519. The summed E-state index contributed by atoms with van der Waals surface area (Å²) in [4.78, 5) is 4.17. The van der Waals surface area contributed by atoms with Crippen LogP contribution in [0.15, 0.2) is 28.2 Å². The van der Waals surface area contributed by atoms with Gasteiger partial charge in [-0.15, -0.1) is 22.9 Å². The molecule has 0 atom stereocenters. The molecule has 0 amide bonds. The van der Waals surface area contributed by atoms with E-state index in [0.717, 1.165) is 15.0 Å². The summed E-state index contributed by atoms with van der Waals surface area (Å²) < 4.78 is 11.9. The molecule has 18 heavy (non-hydrogen) atoms. The Hall–Kier alpha value is -0.780. The Morgan fingerprint density at radius 2 is 2.28 bits per heavy atom. The Balaban J connectivity index is 2.20. The van der Waals surface area contributed by atoms with Crippen molar-refractivity contribution in [1.82, 2.24) is 4.98 Å². The van der Waals surface area contributed by atoms with Gasteiger partial charge in [-0.3, -0.25) is 0 Å². The molecule has 0 aliphatic heterocycles. The van der Waals surface area contributed by atoms with Gasteiger partial charge in [0.1, 0.15) is 11.6 Å². The monoisotopic (exact) mass is 347 g/mol. The molecule has 0 spiro atoms. The van der Waals surface area contributed by atoms with Crippen LogP contribution >= 0.6 is 38.9 Å². The minimum absolute atomic E-state index is 0.423. The zero-order valence-electron chi connectivity index (χ0n) is 9.65. The number of nitrogens with zero attached hydrogens (tertiary/aromatic N) is 1. The molecule has 0 saturated heterocycles. The van der Waals surface area contributed by atoms with Crippen LogP contribution in [0.4, 0.5) is 0 Å². The normalized spacial score (nSPS) is 10.4. The number of hydrogen-bond donors (Lipinski definition) is 0. The Morgan fingerprint density at radius 3 is 2.89 bits per heavy atom. The number of benzene rings is 1. The Kier molecular flexibility index (Phi) is 4.86. The molecule has 2 rings (SSSR count). The smallest absolute Gasteiger partial charge is 0.175 e. The van der Waals surface area contributed by atoms with E-state index in [0.29, 0.717) is 24.0 Å². The fraction of sp³-hybridized carbons (Fsp3) is 0.250. The lowest BCUT2D eigenvalue weighted by Crippen LogP contribution is -1.99. The topological polar surface area (TPSA) is 31.4 Å². The van der Waals surface area contributed by atoms with Crippen LogP contribution in [-0.2, 0) is 12.5 Å². The van der Waals surface area contributed by atoms with E-state index in [4.69, 9.17) is 21.1 Å². The van der Waals surface area contributed by atoms with Crippen LogP contribution < -0.4 is 9.47 Å². The van der Waals surface area contributed by atoms with Crippen LogP contribution in [0.1, 0.15) is 10.6 Å². The second-order valence-electron chi connectivity index (χ2n) is 3.46. The van der Waals surface area contributed by atoms with E-state index in [1.807, 2.05) is 17.5 Å². The van der Waals surface area contributed by atoms with E-state index in [9.17, 15) is 0 Å². The molecule has 0 unspecified atom stereocenters. The van der Waals surface area contributed by atoms with Crippen LogP contribution in [0.5, 0.6) is 11.5 Å². The summed E-state index contributed by atoms with van der Waals surface area (Å²) in [7, 11) is 1.61. The average Bonchev–Trinajstić information content (AvgIpc) is 2.89. The van der Waals surface area contributed by atoms with Gasteiger partial charge in [0.2, 0.25) is 0 Å². The second-order valence-corrected chi connectivity index (χ2v) is 5.56. The number of rotatable bonds is 5. The lowest BCUT2D eigenvalue weighted by molar-refractivity contribution is 0.282. The molecular weight excluding hydrogens is 338 g/mol. The highest BCUT2D eigenvalue weighted by Gasteiger charge is 2.12. The molecule has 96 valence electrons. The molecule has 0 aliphatic rings. The van der Waals surface area contributed by atoms with Gasteiger partial charge in [0.25, 0.3) is 0 Å². The Morgan fingerprint density at radius 1 is 1.44 bits per heavy atom. The van der Waals surface area contributed by atoms with Gasteiger partial charge >= 0.3 is 0 Å². The van der Waals surface area contributed by atoms with Crippen molar-refractivity contribution in [2.75, 3.05) is 7.11 Å². The maximum Gasteiger partial charge on any atom is 0.175 e. The number of thiazole rings is 1. The van der Waals surface area contributed by atoms with Crippen molar-refractivity contribution in [2.45, 2.75) is 12.5 Å². The zero-order chi connectivity index (χ0) is 13.0. The molecule has 3 nitrogen and oxygen atoms in total. The number of alkyl halides is 1. The van der Waals surface area contributed by atoms with Gasteiger partial charge in [-0.25, -0.2) is 4.98 Å². The molecular formula is C12H11BrClNO2S. The first kappa shape index (κ1) is 13.6. The second kappa shape index (κ2) is 6.41. The van der Waals surface area contributed by atoms with Gasteiger partial charge < -0.3 is 9.47 Å². The van der Waals surface area contributed by atoms with Gasteiger partial charge in [0, 0.05) is 17.5 Å². The van der Waals surface area contributed by atoms with Crippen LogP contribution in [0.2, 0.25) is 0 Å². The number of halogens is 2. The molecule has 0 N–H and O–H groups in total. The molecule has 2 aromatic rings. The highest BCUT2D eigenvalue weighted by Crippen LogP contribution is 2.37. The molecule has 1 heterocycles. The number of aromatic nitrogens is 1. The lowest BCUT2D eigenvalue weighted by Gasteiger charge is -2.13. The maximum absolute atomic E-state index is 5.81. The quantitative estimate of drug-likeness (QED) is 0.758. The van der Waals surface area contributed by atoms with Crippen molar-refractivity contribution in [2.24, 2.45) is 0 Å². The van der Waals surface area contributed by atoms with Crippen molar-refractivity contribution in [3.8, 4) is 11.5 Å². The SMILES string of the molecule is COc1cc(CCl)cc(Br)c1OCc1nccs1. The summed E-state index contributed by atoms with van der Waals surface area (Å²) >= 11 is 10.8. The van der Waals surface area contributed by atoms with Crippen LogP contribution in [-0.4, -0.2) is 12.1 Å². The van der Waals surface area contributed by atoms with Gasteiger partial charge in [-0.1, -0.05) is 0 Å². The highest BCUT2D eigenvalue weighted by atomic mass is 79.9. The maximum atomic E-state index is 5.81. The van der Waals surface area contributed by atoms with Crippen molar-refractivity contribution >= 4 is 38.9 Å². The summed E-state index contributed by atoms with van der Waals surface area (Å²) in [5.41, 5.74) is 0.974. The molecule has 0 saturated carbocycles. The predicted octanol–water partition coefficient (Wildman–Crippen LogP) is 4.23. The summed E-state index contributed by atoms with van der Waals surface area (Å²) in [6.45, 7) is 0.423. The number of methoxy groups -OCH3 is 1. The molecule has 0 bridgehead atoms. The first-order chi connectivity index (χ1) is 8.74. The minimum Gasteiger partial charge on any atom is -0.493 e. The fourth-order valence-electron chi connectivity index (χ4n) is 1.45. The molecule has 0 fully saturated rings. The standard InChI is InChI=1S/C12H11BrClNO2S/c1-16-10-5-8(6-14)4-9(13)12(10)17-7-11-15-2-3-18-11/h2-5H,6-7H2,1H3. The van der Waals surface area contributed by atoms with Gasteiger partial charge in [-0.05, 0) is 33.6 Å². The molecule has 1 aromatic carbocycles. The van der Waals surface area contributed by atoms with Crippen LogP contribution in [0, 0.1) is 0 Å². The third-order valence-corrected chi connectivity index (χ3v) is 3.92. The van der Waals surface area contributed by atoms with Crippen LogP contribution in [0.25, 0.3) is 0 Å². The van der Waals surface area contributed by atoms with Crippen molar-refractivity contribution in [3.05, 3.63) is 38.8 Å². The first-order valence-electron chi connectivity index (χ1n) is 5.18. The average molecular weight is 349 g/mol. The van der Waals surface area contributed by atoms with Crippen molar-refractivity contribution in [3.63, 3.8) is 0 Å². The van der Waals surface area contributed by atoms with E-state index in [1.54, 1.807) is 24.6 Å². The van der Waals surface area contributed by atoms with Crippen molar-refractivity contribution < 1.29 is 9.47 Å². The third kappa shape index (κ3) is 3.16. The van der Waals surface area contributed by atoms with E-state index in [1.165, 1.54) is 0 Å². The largest absolute Gasteiger partial charge is 0.493 e. The fourth-order valence-corrected chi connectivity index (χ4v) is 2.73. The zero-order valence-corrected chi connectivity index (χ0v) is 12.8. The summed E-state index contributed by atoms with van der Waals surface area (Å²) in [5, 5.41) is 2.84. The first-order valence-corrected chi connectivity index (χ1v) is 7.39. The van der Waals surface area contributed by atoms with Gasteiger partial charge in [-0.2, -0.15) is 0 Å². The predicted molar refractivity (Wildman–Crippen MR) is 76.7 cm³/mol. The van der Waals surface area contributed by atoms with E-state index in [2.05, 4.69) is 20.9 Å².